The number of carbonyl (C=O) groups is 1. The van der Waals surface area contributed by atoms with Gasteiger partial charge in [0.05, 0.1) is 50.5 Å². The Morgan fingerprint density at radius 1 is 0.900 bits per heavy atom. The number of hydrogen-bond donors (Lipinski definition) is 2. The Bertz CT molecular complexity index is 1030. The van der Waals surface area contributed by atoms with E-state index in [1.807, 2.05) is 66.7 Å². The number of nitrogens with one attached hydrogen (secondary N) is 2. The lowest BCUT2D eigenvalue weighted by Crippen LogP contribution is -3.12. The first kappa shape index (κ1) is 18.7. The average molecular weight is 401 g/mol. The van der Waals surface area contributed by atoms with E-state index in [9.17, 15) is 4.79 Å². The monoisotopic (exact) mass is 400 g/mol. The number of likely N-dealkylation sites (N-methyl/N-ethyl adjacent to an activating group) is 1. The highest BCUT2D eigenvalue weighted by atomic mass is 16.5. The van der Waals surface area contributed by atoms with E-state index < -0.39 is 5.92 Å². The van der Waals surface area contributed by atoms with E-state index in [4.69, 9.17) is 4.74 Å². The van der Waals surface area contributed by atoms with Crippen molar-refractivity contribution in [3.63, 3.8) is 0 Å². The number of fused-ring (bicyclic) bond motifs is 2. The lowest BCUT2D eigenvalue weighted by atomic mass is 9.87. The Morgan fingerprint density at radius 3 is 2.13 bits per heavy atom. The van der Waals surface area contributed by atoms with Crippen molar-refractivity contribution in [2.75, 3.05) is 43.4 Å². The number of anilines is 2. The van der Waals surface area contributed by atoms with Gasteiger partial charge in [0.2, 0.25) is 5.91 Å². The van der Waals surface area contributed by atoms with Crippen LogP contribution in [0.3, 0.4) is 0 Å². The molecule has 1 amide bonds. The maximum atomic E-state index is 13.6. The number of ether oxygens (including phenoxy) is 1. The molecule has 5 rings (SSSR count). The molecule has 5 nitrogen and oxygen atoms in total. The summed E-state index contributed by atoms with van der Waals surface area (Å²) < 4.78 is 6.05. The first-order valence-corrected chi connectivity index (χ1v) is 10.5. The maximum absolute atomic E-state index is 13.6. The normalized spacial score (nSPS) is 16.4. The molecule has 0 aromatic heterocycles. The van der Waals surface area contributed by atoms with E-state index in [1.54, 1.807) is 4.90 Å². The smallest absolute Gasteiger partial charge is 0.236 e. The summed E-state index contributed by atoms with van der Waals surface area (Å²) in [5, 5.41) is 3.23. The first-order valence-electron chi connectivity index (χ1n) is 10.5. The van der Waals surface area contributed by atoms with Crippen LogP contribution in [0.1, 0.15) is 17.0 Å². The summed E-state index contributed by atoms with van der Waals surface area (Å²) in [7, 11) is 2.23. The molecular weight excluding hydrogens is 374 g/mol. The summed E-state index contributed by atoms with van der Waals surface area (Å²) in [5.74, 6) is 1.04. The second-order valence-corrected chi connectivity index (χ2v) is 8.06. The molecule has 0 spiro atoms. The second-order valence-electron chi connectivity index (χ2n) is 8.06. The quantitative estimate of drug-likeness (QED) is 0.711. The molecule has 0 radical (unpaired) electrons. The Labute approximate surface area is 176 Å². The van der Waals surface area contributed by atoms with Crippen LogP contribution >= 0.6 is 0 Å². The molecule has 0 saturated carbocycles. The second kappa shape index (κ2) is 7.84. The fourth-order valence-corrected chi connectivity index (χ4v) is 4.38. The molecule has 2 aliphatic rings. The number of nitrogens with zero attached hydrogens (tertiary/aromatic N) is 1. The number of para-hydroxylation sites is 4. The number of amides is 1. The van der Waals surface area contributed by atoms with Crippen molar-refractivity contribution in [2.24, 2.45) is 0 Å². The third-order valence-electron chi connectivity index (χ3n) is 6.06. The highest BCUT2D eigenvalue weighted by Gasteiger charge is 2.33. The summed E-state index contributed by atoms with van der Waals surface area (Å²) in [6.45, 7) is 4.18. The Balaban J connectivity index is 1.47. The molecule has 30 heavy (non-hydrogen) atoms. The first-order chi connectivity index (χ1) is 14.7. The van der Waals surface area contributed by atoms with Crippen LogP contribution in [0.4, 0.5) is 11.4 Å². The molecule has 0 aliphatic carbocycles. The van der Waals surface area contributed by atoms with Gasteiger partial charge in [0.25, 0.3) is 0 Å². The Morgan fingerprint density at radius 2 is 1.47 bits per heavy atom. The van der Waals surface area contributed by atoms with Crippen molar-refractivity contribution in [3.8, 4) is 11.5 Å². The lowest BCUT2D eigenvalue weighted by Gasteiger charge is -2.33. The summed E-state index contributed by atoms with van der Waals surface area (Å²) in [6.07, 6.45) is 0. The van der Waals surface area contributed by atoms with E-state index in [2.05, 4.69) is 23.3 Å². The molecular formula is C25H26N3O2+. The molecule has 0 bridgehead atoms. The van der Waals surface area contributed by atoms with Crippen molar-refractivity contribution in [3.05, 3.63) is 83.9 Å². The molecule has 2 heterocycles. The van der Waals surface area contributed by atoms with Gasteiger partial charge in [-0.05, 0) is 24.3 Å². The summed E-state index contributed by atoms with van der Waals surface area (Å²) in [5.41, 5.74) is 3.75. The van der Waals surface area contributed by atoms with Gasteiger partial charge in [-0.15, -0.1) is 0 Å². The van der Waals surface area contributed by atoms with Gasteiger partial charge in [-0.2, -0.15) is 0 Å². The van der Waals surface area contributed by atoms with Crippen LogP contribution in [0.25, 0.3) is 0 Å². The van der Waals surface area contributed by atoms with E-state index in [-0.39, 0.29) is 5.91 Å². The molecule has 2 N–H and O–H groups in total. The molecule has 152 valence electrons. The molecule has 0 atom stereocenters. The molecule has 5 heteroatoms. The van der Waals surface area contributed by atoms with Crippen LogP contribution in [-0.2, 0) is 4.79 Å². The van der Waals surface area contributed by atoms with Crippen molar-refractivity contribution in [2.45, 2.75) is 5.92 Å². The summed E-state index contributed by atoms with van der Waals surface area (Å²) in [4.78, 5) is 17.5. The van der Waals surface area contributed by atoms with Crippen molar-refractivity contribution in [1.29, 1.82) is 0 Å². The molecule has 1 saturated heterocycles. The fourth-order valence-electron chi connectivity index (χ4n) is 4.38. The van der Waals surface area contributed by atoms with Crippen LogP contribution in [0, 0.1) is 0 Å². The van der Waals surface area contributed by atoms with E-state index in [0.29, 0.717) is 0 Å². The maximum Gasteiger partial charge on any atom is 0.236 e. The lowest BCUT2D eigenvalue weighted by molar-refractivity contribution is -0.880. The topological polar surface area (TPSA) is 46.0 Å². The minimum atomic E-state index is -0.406. The Kier molecular flexibility index (Phi) is 4.89. The predicted molar refractivity (Wildman–Crippen MR) is 119 cm³/mol. The minimum Gasteiger partial charge on any atom is -0.457 e. The third-order valence-corrected chi connectivity index (χ3v) is 6.06. The zero-order valence-corrected chi connectivity index (χ0v) is 17.1. The van der Waals surface area contributed by atoms with Crippen LogP contribution in [-0.4, -0.2) is 39.1 Å². The van der Waals surface area contributed by atoms with Crippen molar-refractivity contribution >= 4 is 17.3 Å². The molecule has 3 aromatic carbocycles. The van der Waals surface area contributed by atoms with Crippen LogP contribution in [0.5, 0.6) is 11.5 Å². The van der Waals surface area contributed by atoms with E-state index >= 15 is 0 Å². The Hall–Kier alpha value is -3.31. The summed E-state index contributed by atoms with van der Waals surface area (Å²) >= 11 is 0. The van der Waals surface area contributed by atoms with Gasteiger partial charge in [-0.3, -0.25) is 4.79 Å². The highest BCUT2D eigenvalue weighted by Crippen LogP contribution is 2.44. The number of hydrogen-bond acceptors (Lipinski definition) is 3. The van der Waals surface area contributed by atoms with Crippen molar-refractivity contribution < 1.29 is 14.4 Å². The predicted octanol–water partition coefficient (Wildman–Crippen LogP) is 2.90. The number of quaternary nitrogens is 1. The van der Waals surface area contributed by atoms with Gasteiger partial charge in [-0.1, -0.05) is 48.5 Å². The molecule has 3 aromatic rings. The zero-order valence-electron chi connectivity index (χ0n) is 17.1. The molecule has 0 unspecified atom stereocenters. The van der Waals surface area contributed by atoms with E-state index in [0.717, 1.165) is 60.2 Å². The van der Waals surface area contributed by atoms with Crippen molar-refractivity contribution in [1.82, 2.24) is 0 Å². The van der Waals surface area contributed by atoms with Gasteiger partial charge < -0.3 is 19.9 Å². The van der Waals surface area contributed by atoms with Crippen LogP contribution < -0.4 is 19.9 Å². The van der Waals surface area contributed by atoms with E-state index in [1.165, 1.54) is 0 Å². The van der Waals surface area contributed by atoms with Gasteiger partial charge in [0.1, 0.15) is 11.5 Å². The average Bonchev–Trinajstić information content (AvgIpc) is 2.78. The number of carbonyl (C=O) groups excluding carboxylic acids is 1. The van der Waals surface area contributed by atoms with Gasteiger partial charge in [0.15, 0.2) is 0 Å². The van der Waals surface area contributed by atoms with Gasteiger partial charge in [0, 0.05) is 11.1 Å². The minimum absolute atomic E-state index is 0.0367. The number of rotatable bonds is 3. The highest BCUT2D eigenvalue weighted by molar-refractivity contribution is 6.01. The zero-order chi connectivity index (χ0) is 20.5. The summed E-state index contributed by atoms with van der Waals surface area (Å²) in [6, 6.07) is 23.7. The fraction of sp³-hybridized carbons (Fsp3) is 0.240. The number of benzene rings is 3. The van der Waals surface area contributed by atoms with Gasteiger partial charge >= 0.3 is 0 Å². The number of piperazine rings is 1. The molecule has 1 fully saturated rings. The van der Waals surface area contributed by atoms with Crippen LogP contribution in [0.2, 0.25) is 0 Å². The van der Waals surface area contributed by atoms with Crippen LogP contribution in [0.15, 0.2) is 72.8 Å². The SMILES string of the molecule is C[NH+]1CCN(c2ccccc2NC(=O)C2c3ccccc3Oc3ccccc32)CC1. The largest absolute Gasteiger partial charge is 0.457 e. The molecule has 2 aliphatic heterocycles. The standard InChI is InChI=1S/C25H25N3O2/c1-27-14-16-28(17-15-27)21-11-5-4-10-20(21)26-25(29)24-18-8-2-6-12-22(18)30-23-13-7-3-9-19(23)24/h2-13,24H,14-17H2,1H3,(H,26,29)/p+1. The van der Waals surface area contributed by atoms with Gasteiger partial charge in [-0.25, -0.2) is 0 Å². The third kappa shape index (κ3) is 3.42.